The Balaban J connectivity index is 2.90. The van der Waals surface area contributed by atoms with Gasteiger partial charge in [-0.15, -0.1) is 0 Å². The summed E-state index contributed by atoms with van der Waals surface area (Å²) in [4.78, 5) is 14.5. The standard InChI is InChI=1S/C10H14BrNO/c1-7(13)10(2,3)9(11)8-5-4-6-12-8/h4-6,9,12H,1-3H3. The highest BCUT2D eigenvalue weighted by atomic mass is 79.9. The van der Waals surface area contributed by atoms with E-state index in [1.807, 2.05) is 32.2 Å². The predicted molar refractivity (Wildman–Crippen MR) is 56.9 cm³/mol. The molecule has 1 aromatic rings. The number of rotatable bonds is 3. The van der Waals surface area contributed by atoms with E-state index in [0.717, 1.165) is 5.69 Å². The molecule has 1 aromatic heterocycles. The van der Waals surface area contributed by atoms with E-state index in [1.165, 1.54) is 0 Å². The zero-order chi connectivity index (χ0) is 10.1. The van der Waals surface area contributed by atoms with Gasteiger partial charge in [-0.3, -0.25) is 4.79 Å². The Labute approximate surface area is 86.9 Å². The first kappa shape index (κ1) is 10.5. The van der Waals surface area contributed by atoms with Crippen LogP contribution in [0.5, 0.6) is 0 Å². The highest BCUT2D eigenvalue weighted by molar-refractivity contribution is 9.09. The second kappa shape index (κ2) is 3.66. The molecule has 0 aliphatic rings. The molecule has 0 bridgehead atoms. The van der Waals surface area contributed by atoms with E-state index in [-0.39, 0.29) is 16.0 Å². The normalized spacial score (nSPS) is 14.2. The van der Waals surface area contributed by atoms with E-state index < -0.39 is 0 Å². The number of H-pyrrole nitrogens is 1. The summed E-state index contributed by atoms with van der Waals surface area (Å²) in [5.74, 6) is 0.184. The lowest BCUT2D eigenvalue weighted by Gasteiger charge is -2.26. The minimum absolute atomic E-state index is 0.0486. The molecule has 13 heavy (non-hydrogen) atoms. The van der Waals surface area contributed by atoms with Crippen molar-refractivity contribution in [2.75, 3.05) is 0 Å². The van der Waals surface area contributed by atoms with Gasteiger partial charge < -0.3 is 4.98 Å². The molecular formula is C10H14BrNO. The van der Waals surface area contributed by atoms with Crippen LogP contribution >= 0.6 is 15.9 Å². The van der Waals surface area contributed by atoms with E-state index in [4.69, 9.17) is 0 Å². The van der Waals surface area contributed by atoms with E-state index in [1.54, 1.807) is 6.92 Å². The van der Waals surface area contributed by atoms with Gasteiger partial charge in [-0.2, -0.15) is 0 Å². The molecule has 72 valence electrons. The third kappa shape index (κ3) is 2.02. The Hall–Kier alpha value is -0.570. The number of ketones is 1. The molecule has 0 radical (unpaired) electrons. The molecule has 0 saturated carbocycles. The van der Waals surface area contributed by atoms with Crippen molar-refractivity contribution >= 4 is 21.7 Å². The van der Waals surface area contributed by atoms with Crippen LogP contribution in [0.3, 0.4) is 0 Å². The van der Waals surface area contributed by atoms with Gasteiger partial charge in [-0.25, -0.2) is 0 Å². The number of alkyl halides is 1. The fraction of sp³-hybridized carbons (Fsp3) is 0.500. The van der Waals surface area contributed by atoms with Crippen LogP contribution < -0.4 is 0 Å². The van der Waals surface area contributed by atoms with Crippen molar-refractivity contribution in [1.82, 2.24) is 4.98 Å². The molecular weight excluding hydrogens is 230 g/mol. The van der Waals surface area contributed by atoms with Gasteiger partial charge in [0.1, 0.15) is 5.78 Å². The minimum atomic E-state index is -0.370. The molecule has 3 heteroatoms. The number of carbonyl (C=O) groups is 1. The van der Waals surface area contributed by atoms with Gasteiger partial charge in [0, 0.05) is 17.3 Å². The fourth-order valence-electron chi connectivity index (χ4n) is 1.07. The average Bonchev–Trinajstić information content (AvgIpc) is 2.54. The molecule has 1 atom stereocenters. The van der Waals surface area contributed by atoms with Crippen LogP contribution in [0.25, 0.3) is 0 Å². The molecule has 1 heterocycles. The quantitative estimate of drug-likeness (QED) is 0.814. The van der Waals surface area contributed by atoms with Crippen molar-refractivity contribution in [1.29, 1.82) is 0 Å². The minimum Gasteiger partial charge on any atom is -0.364 e. The maximum absolute atomic E-state index is 11.4. The highest BCUT2D eigenvalue weighted by Crippen LogP contribution is 2.40. The molecule has 0 fully saturated rings. The van der Waals surface area contributed by atoms with Gasteiger partial charge in [0.2, 0.25) is 0 Å². The molecule has 0 aliphatic heterocycles. The van der Waals surface area contributed by atoms with Crippen molar-refractivity contribution in [2.24, 2.45) is 5.41 Å². The molecule has 1 N–H and O–H groups in total. The second-order valence-corrected chi connectivity index (χ2v) is 4.68. The summed E-state index contributed by atoms with van der Waals surface area (Å²) in [6.07, 6.45) is 1.86. The van der Waals surface area contributed by atoms with Gasteiger partial charge in [0.15, 0.2) is 0 Å². The third-order valence-corrected chi connectivity index (χ3v) is 4.07. The van der Waals surface area contributed by atoms with Crippen LogP contribution in [0.4, 0.5) is 0 Å². The van der Waals surface area contributed by atoms with Crippen LogP contribution in [0.1, 0.15) is 31.3 Å². The Morgan fingerprint density at radius 3 is 2.62 bits per heavy atom. The SMILES string of the molecule is CC(=O)C(C)(C)C(Br)c1ccc[nH]1. The Kier molecular flexibility index (Phi) is 2.96. The summed E-state index contributed by atoms with van der Waals surface area (Å²) in [7, 11) is 0. The number of Topliss-reactive ketones (excluding diaryl/α,β-unsaturated/α-hetero) is 1. The fourth-order valence-corrected chi connectivity index (χ4v) is 1.68. The molecule has 0 aromatic carbocycles. The van der Waals surface area contributed by atoms with Gasteiger partial charge in [0.25, 0.3) is 0 Å². The van der Waals surface area contributed by atoms with Crippen molar-refractivity contribution in [2.45, 2.75) is 25.6 Å². The topological polar surface area (TPSA) is 32.9 Å². The first-order valence-electron chi connectivity index (χ1n) is 4.24. The third-order valence-electron chi connectivity index (χ3n) is 2.44. The number of aromatic nitrogens is 1. The number of hydrogen-bond acceptors (Lipinski definition) is 1. The van der Waals surface area contributed by atoms with Gasteiger partial charge in [0.05, 0.1) is 4.83 Å². The Morgan fingerprint density at radius 2 is 2.23 bits per heavy atom. The highest BCUT2D eigenvalue weighted by Gasteiger charge is 2.33. The second-order valence-electron chi connectivity index (χ2n) is 3.77. The summed E-state index contributed by atoms with van der Waals surface area (Å²) in [5, 5.41) is 0. The summed E-state index contributed by atoms with van der Waals surface area (Å²) in [5.41, 5.74) is 0.672. The van der Waals surface area contributed by atoms with Crippen molar-refractivity contribution in [3.05, 3.63) is 24.0 Å². The number of carbonyl (C=O) groups excluding carboxylic acids is 1. The molecule has 1 rings (SSSR count). The van der Waals surface area contributed by atoms with Crippen LogP contribution in [0, 0.1) is 5.41 Å². The van der Waals surface area contributed by atoms with Crippen molar-refractivity contribution in [3.8, 4) is 0 Å². The lowest BCUT2D eigenvalue weighted by molar-refractivity contribution is -0.124. The average molecular weight is 244 g/mol. The molecule has 1 unspecified atom stereocenters. The monoisotopic (exact) mass is 243 g/mol. The zero-order valence-electron chi connectivity index (χ0n) is 8.10. The first-order chi connectivity index (χ1) is 5.96. The Bertz CT molecular complexity index is 290. The lowest BCUT2D eigenvalue weighted by Crippen LogP contribution is -2.26. The van der Waals surface area contributed by atoms with Crippen LogP contribution in [-0.4, -0.2) is 10.8 Å². The van der Waals surface area contributed by atoms with E-state index in [2.05, 4.69) is 20.9 Å². The van der Waals surface area contributed by atoms with E-state index in [9.17, 15) is 4.79 Å². The molecule has 0 saturated heterocycles. The van der Waals surface area contributed by atoms with Crippen LogP contribution in [0.15, 0.2) is 18.3 Å². The smallest absolute Gasteiger partial charge is 0.136 e. The van der Waals surface area contributed by atoms with E-state index in [0.29, 0.717) is 0 Å². The first-order valence-corrected chi connectivity index (χ1v) is 5.16. The molecule has 0 spiro atoms. The largest absolute Gasteiger partial charge is 0.364 e. The maximum atomic E-state index is 11.4. The zero-order valence-corrected chi connectivity index (χ0v) is 9.68. The summed E-state index contributed by atoms with van der Waals surface area (Å²) >= 11 is 3.54. The van der Waals surface area contributed by atoms with Crippen LogP contribution in [-0.2, 0) is 4.79 Å². The van der Waals surface area contributed by atoms with Gasteiger partial charge >= 0.3 is 0 Å². The lowest BCUT2D eigenvalue weighted by atomic mass is 9.84. The van der Waals surface area contributed by atoms with Crippen LogP contribution in [0.2, 0.25) is 0 Å². The molecule has 2 nitrogen and oxygen atoms in total. The predicted octanol–water partition coefficient (Wildman–Crippen LogP) is 3.07. The van der Waals surface area contributed by atoms with Crippen molar-refractivity contribution < 1.29 is 4.79 Å². The number of aromatic amines is 1. The van der Waals surface area contributed by atoms with Gasteiger partial charge in [-0.1, -0.05) is 29.8 Å². The van der Waals surface area contributed by atoms with E-state index >= 15 is 0 Å². The summed E-state index contributed by atoms with van der Waals surface area (Å²) in [6.45, 7) is 5.50. The summed E-state index contributed by atoms with van der Waals surface area (Å²) in [6, 6.07) is 3.91. The molecule has 0 amide bonds. The molecule has 0 aliphatic carbocycles. The summed E-state index contributed by atoms with van der Waals surface area (Å²) < 4.78 is 0. The number of nitrogens with one attached hydrogen (secondary N) is 1. The Morgan fingerprint density at radius 1 is 1.62 bits per heavy atom. The van der Waals surface area contributed by atoms with Gasteiger partial charge in [-0.05, 0) is 19.1 Å². The number of halogens is 1. The number of hydrogen-bond donors (Lipinski definition) is 1. The maximum Gasteiger partial charge on any atom is 0.136 e. The van der Waals surface area contributed by atoms with Crippen molar-refractivity contribution in [3.63, 3.8) is 0 Å².